The number of anilines is 1. The van der Waals surface area contributed by atoms with E-state index in [1.807, 2.05) is 43.5 Å². The second-order valence-corrected chi connectivity index (χ2v) is 13.7. The predicted molar refractivity (Wildman–Crippen MR) is 177 cm³/mol. The molecule has 3 aromatic carbocycles. The lowest BCUT2D eigenvalue weighted by atomic mass is 9.95. The summed E-state index contributed by atoms with van der Waals surface area (Å²) < 4.78 is 35.3. The molecule has 0 aromatic heterocycles. The molecule has 0 unspecified atom stereocenters. The van der Waals surface area contributed by atoms with Crippen LogP contribution < -0.4 is 14.4 Å². The fourth-order valence-corrected chi connectivity index (χ4v) is 7.30. The summed E-state index contributed by atoms with van der Waals surface area (Å²) in [5, 5.41) is 3.14. The zero-order chi connectivity index (χ0) is 31.5. The Bertz CT molecular complexity index is 1480. The Kier molecular flexibility index (Phi) is 12.1. The van der Waals surface area contributed by atoms with Gasteiger partial charge < -0.3 is 15.0 Å². The number of hydrogen-bond acceptors (Lipinski definition) is 6. The number of benzene rings is 3. The fourth-order valence-electron chi connectivity index (χ4n) is 5.47. The van der Waals surface area contributed by atoms with Gasteiger partial charge in [-0.05, 0) is 81.3 Å². The summed E-state index contributed by atoms with van der Waals surface area (Å²) in [6, 6.07) is 22.4. The summed E-state index contributed by atoms with van der Waals surface area (Å²) in [6.07, 6.45) is 7.59. The van der Waals surface area contributed by atoms with Gasteiger partial charge in [0.05, 0.1) is 17.2 Å². The summed E-state index contributed by atoms with van der Waals surface area (Å²) >= 11 is 1.51. The van der Waals surface area contributed by atoms with Crippen LogP contribution in [-0.4, -0.2) is 63.2 Å². The van der Waals surface area contributed by atoms with Crippen LogP contribution in [0, 0.1) is 0 Å². The maximum Gasteiger partial charge on any atom is 0.264 e. The SMILES string of the molecule is CCOc1ccccc1N(CC(=O)N(CCc1ccccc1)[C@H](C)C(=O)NC1CCCCC1)S(=O)(=O)c1ccc(SC)cc1. The number of ether oxygens (including phenoxy) is 1. The zero-order valence-corrected chi connectivity index (χ0v) is 27.4. The minimum Gasteiger partial charge on any atom is -0.492 e. The number of sulfonamides is 1. The molecular weight excluding hydrogens is 595 g/mol. The number of hydrogen-bond donors (Lipinski definition) is 1. The van der Waals surface area contributed by atoms with Crippen LogP contribution in [0.4, 0.5) is 5.69 Å². The van der Waals surface area contributed by atoms with Crippen LogP contribution in [0.15, 0.2) is 88.7 Å². The zero-order valence-electron chi connectivity index (χ0n) is 25.8. The number of nitrogens with zero attached hydrogens (tertiary/aromatic N) is 2. The highest BCUT2D eigenvalue weighted by Gasteiger charge is 2.34. The van der Waals surface area contributed by atoms with Gasteiger partial charge in [0.15, 0.2) is 0 Å². The summed E-state index contributed by atoms with van der Waals surface area (Å²) in [5.74, 6) is -0.344. The lowest BCUT2D eigenvalue weighted by Gasteiger charge is -2.33. The standard InChI is InChI=1S/C34H43N3O5S2/c1-4-42-32-18-12-11-17-31(32)37(44(40,41)30-21-19-29(43-3)20-22-30)25-33(38)36(24-23-27-13-7-5-8-14-27)26(2)34(39)35-28-15-9-6-10-16-28/h5,7-8,11-14,17-22,26,28H,4,6,9-10,15-16,23-25H2,1-3H3,(H,35,39)/t26-/m1/s1. The molecule has 1 saturated carbocycles. The lowest BCUT2D eigenvalue weighted by molar-refractivity contribution is -0.139. The van der Waals surface area contributed by atoms with E-state index in [1.165, 1.54) is 16.7 Å². The highest BCUT2D eigenvalue weighted by atomic mass is 32.2. The molecule has 1 N–H and O–H groups in total. The molecule has 0 heterocycles. The second kappa shape index (κ2) is 16.0. The quantitative estimate of drug-likeness (QED) is 0.221. The summed E-state index contributed by atoms with van der Waals surface area (Å²) in [7, 11) is -4.19. The smallest absolute Gasteiger partial charge is 0.264 e. The first-order valence-corrected chi connectivity index (χ1v) is 17.9. The number of carbonyl (C=O) groups is 2. The molecule has 0 bridgehead atoms. The second-order valence-electron chi connectivity index (χ2n) is 10.9. The van der Waals surface area contributed by atoms with E-state index in [1.54, 1.807) is 55.5 Å². The first-order chi connectivity index (χ1) is 21.2. The van der Waals surface area contributed by atoms with Gasteiger partial charge in [0.1, 0.15) is 18.3 Å². The summed E-state index contributed by atoms with van der Waals surface area (Å²) in [4.78, 5) is 30.2. The van der Waals surface area contributed by atoms with E-state index in [-0.39, 0.29) is 29.1 Å². The van der Waals surface area contributed by atoms with E-state index in [0.717, 1.165) is 46.9 Å². The minimum atomic E-state index is -4.19. The summed E-state index contributed by atoms with van der Waals surface area (Å²) in [6.45, 7) is 3.62. The van der Waals surface area contributed by atoms with Crippen molar-refractivity contribution in [3.8, 4) is 5.75 Å². The van der Waals surface area contributed by atoms with Gasteiger partial charge in [-0.15, -0.1) is 11.8 Å². The number of para-hydroxylation sites is 2. The van der Waals surface area contributed by atoms with Gasteiger partial charge in [-0.25, -0.2) is 8.42 Å². The van der Waals surface area contributed by atoms with Gasteiger partial charge in [0.2, 0.25) is 11.8 Å². The number of amides is 2. The molecule has 0 radical (unpaired) electrons. The minimum absolute atomic E-state index is 0.0633. The van der Waals surface area contributed by atoms with Crippen LogP contribution in [0.3, 0.4) is 0 Å². The molecule has 1 aliphatic rings. The molecule has 1 fully saturated rings. The van der Waals surface area contributed by atoms with Crippen LogP contribution in [0.25, 0.3) is 0 Å². The number of nitrogens with one attached hydrogen (secondary N) is 1. The molecule has 236 valence electrons. The molecular formula is C34H43N3O5S2. The topological polar surface area (TPSA) is 96.0 Å². The molecule has 0 saturated heterocycles. The Labute approximate surface area is 266 Å². The van der Waals surface area contributed by atoms with Crippen molar-refractivity contribution in [2.24, 2.45) is 0 Å². The Morgan fingerprint density at radius 1 is 0.955 bits per heavy atom. The van der Waals surface area contributed by atoms with Crippen molar-refractivity contribution in [3.63, 3.8) is 0 Å². The molecule has 0 aliphatic heterocycles. The van der Waals surface area contributed by atoms with Crippen LogP contribution in [-0.2, 0) is 26.0 Å². The van der Waals surface area contributed by atoms with Crippen molar-refractivity contribution in [2.75, 3.05) is 30.3 Å². The number of thioether (sulfide) groups is 1. The average molecular weight is 638 g/mol. The van der Waals surface area contributed by atoms with Crippen molar-refractivity contribution in [1.29, 1.82) is 0 Å². The van der Waals surface area contributed by atoms with E-state index in [2.05, 4.69) is 5.32 Å². The van der Waals surface area contributed by atoms with Crippen molar-refractivity contribution >= 4 is 39.3 Å². The lowest BCUT2D eigenvalue weighted by Crippen LogP contribution is -2.53. The molecule has 10 heteroatoms. The highest BCUT2D eigenvalue weighted by molar-refractivity contribution is 7.98. The van der Waals surface area contributed by atoms with Gasteiger partial charge in [-0.3, -0.25) is 13.9 Å². The molecule has 1 aliphatic carbocycles. The number of carbonyl (C=O) groups excluding carboxylic acids is 2. The Morgan fingerprint density at radius 2 is 1.61 bits per heavy atom. The number of rotatable bonds is 14. The third kappa shape index (κ3) is 8.57. The predicted octanol–water partition coefficient (Wildman–Crippen LogP) is 5.91. The molecule has 1 atom stereocenters. The van der Waals surface area contributed by atoms with Crippen molar-refractivity contribution in [1.82, 2.24) is 10.2 Å². The molecule has 4 rings (SSSR count). The van der Waals surface area contributed by atoms with Crippen LogP contribution >= 0.6 is 11.8 Å². The van der Waals surface area contributed by atoms with Gasteiger partial charge >= 0.3 is 0 Å². The average Bonchev–Trinajstić information content (AvgIpc) is 3.05. The van der Waals surface area contributed by atoms with Crippen molar-refractivity contribution in [3.05, 3.63) is 84.4 Å². The molecule has 3 aromatic rings. The van der Waals surface area contributed by atoms with E-state index >= 15 is 0 Å². The van der Waals surface area contributed by atoms with E-state index in [4.69, 9.17) is 4.74 Å². The van der Waals surface area contributed by atoms with E-state index < -0.39 is 28.5 Å². The Morgan fingerprint density at radius 3 is 2.27 bits per heavy atom. The first-order valence-electron chi connectivity index (χ1n) is 15.3. The van der Waals surface area contributed by atoms with E-state index in [9.17, 15) is 18.0 Å². The highest BCUT2D eigenvalue weighted by Crippen LogP contribution is 2.33. The van der Waals surface area contributed by atoms with Gasteiger partial charge in [0, 0.05) is 17.5 Å². The normalized spacial score (nSPS) is 14.4. The Hall–Kier alpha value is -3.50. The van der Waals surface area contributed by atoms with Crippen LogP contribution in [0.2, 0.25) is 0 Å². The van der Waals surface area contributed by atoms with Gasteiger partial charge in [-0.1, -0.05) is 61.7 Å². The van der Waals surface area contributed by atoms with Crippen LogP contribution in [0.5, 0.6) is 5.75 Å². The Balaban J connectivity index is 1.68. The first kappa shape index (κ1) is 33.4. The monoisotopic (exact) mass is 637 g/mol. The molecule has 2 amide bonds. The molecule has 8 nitrogen and oxygen atoms in total. The van der Waals surface area contributed by atoms with Gasteiger partial charge in [0.25, 0.3) is 10.0 Å². The maximum atomic E-state index is 14.2. The molecule has 44 heavy (non-hydrogen) atoms. The van der Waals surface area contributed by atoms with Crippen LogP contribution in [0.1, 0.15) is 51.5 Å². The van der Waals surface area contributed by atoms with Crippen molar-refractivity contribution < 1.29 is 22.7 Å². The largest absolute Gasteiger partial charge is 0.492 e. The maximum absolute atomic E-state index is 14.2. The van der Waals surface area contributed by atoms with E-state index in [0.29, 0.717) is 18.8 Å². The van der Waals surface area contributed by atoms with Gasteiger partial charge in [-0.2, -0.15) is 0 Å². The van der Waals surface area contributed by atoms with Crippen molar-refractivity contribution in [2.45, 2.75) is 74.2 Å². The fraction of sp³-hybridized carbons (Fsp3) is 0.412. The third-order valence-electron chi connectivity index (χ3n) is 7.96. The molecule has 0 spiro atoms. The summed E-state index contributed by atoms with van der Waals surface area (Å²) in [5.41, 5.74) is 1.28. The third-order valence-corrected chi connectivity index (χ3v) is 10.5.